The molecule has 0 amide bonds. The highest BCUT2D eigenvalue weighted by Crippen LogP contribution is 2.40. The van der Waals surface area contributed by atoms with Crippen LogP contribution >= 0.6 is 0 Å². The van der Waals surface area contributed by atoms with Crippen molar-refractivity contribution >= 4 is 0 Å². The molecule has 0 N–H and O–H groups in total. The van der Waals surface area contributed by atoms with Crippen LogP contribution in [0, 0.1) is 0 Å². The van der Waals surface area contributed by atoms with E-state index in [9.17, 15) is 0 Å². The third-order valence-corrected chi connectivity index (χ3v) is 14.1. The van der Waals surface area contributed by atoms with Gasteiger partial charge in [-0.05, 0) is 146 Å². The Hall–Kier alpha value is -12.9. The minimum atomic E-state index is -0.0483. The fourth-order valence-corrected chi connectivity index (χ4v) is 9.93. The van der Waals surface area contributed by atoms with Gasteiger partial charge in [-0.3, -0.25) is 0 Å². The maximum absolute atomic E-state index is 6.53. The summed E-state index contributed by atoms with van der Waals surface area (Å²) in [4.78, 5) is 31.6. The summed E-state index contributed by atoms with van der Waals surface area (Å²) < 4.78 is 52.3. The van der Waals surface area contributed by atoms with Gasteiger partial charge in [-0.25, -0.2) is 29.9 Å². The number of ether oxygens (including phenoxy) is 8. The van der Waals surface area contributed by atoms with E-state index in [1.807, 2.05) is 315 Å². The van der Waals surface area contributed by atoms with E-state index in [0.717, 1.165) is 0 Å². The standard InChI is InChI=1S/C79H54N6O8/c1-9-25-58(26-10-1)86-66-41-54(42-67(49-66)87-59-27-11-2-12-28-59)76-80-74(81-77(84-76)55-43-68(88-60-29-13-3-14-30-60)50-69(44-55)89-61-31-15-4-16-32-61)53-75-82-78(56-45-70(90-62-33-17-5-18-34-62)51-71(46-56)91-63-35-19-6-20-36-63)85-79(83-75)57-47-72(92-64-37-21-7-22-38-64)52-73(48-57)93-65-39-23-8-24-40-65/h1-52H,53H2. The third-order valence-electron chi connectivity index (χ3n) is 14.1. The van der Waals surface area contributed by atoms with E-state index in [4.69, 9.17) is 67.8 Å². The topological polar surface area (TPSA) is 151 Å². The molecule has 0 atom stereocenters. The summed E-state index contributed by atoms with van der Waals surface area (Å²) in [6, 6.07) is 98.4. The summed E-state index contributed by atoms with van der Waals surface area (Å²) in [5, 5.41) is 0. The van der Waals surface area contributed by atoms with Gasteiger partial charge in [-0.15, -0.1) is 0 Å². The second-order valence-corrected chi connectivity index (χ2v) is 21.1. The van der Waals surface area contributed by atoms with Gasteiger partial charge in [0.25, 0.3) is 0 Å². The highest BCUT2D eigenvalue weighted by Gasteiger charge is 2.21. The molecule has 12 aromatic carbocycles. The predicted molar refractivity (Wildman–Crippen MR) is 356 cm³/mol. The molecule has 0 aliphatic rings. The molecule has 448 valence electrons. The SMILES string of the molecule is c1ccc(Oc2cc(Oc3ccccc3)cc(-c3nc(Cc4nc(-c5cc(Oc6ccccc6)cc(Oc6ccccc6)c5)nc(-c5cc(Oc6ccccc6)cc(Oc6ccccc6)c5)n4)nc(-c4cc(Oc5ccccc5)cc(Oc5ccccc5)c4)n3)c2)cc1. The van der Waals surface area contributed by atoms with E-state index in [2.05, 4.69) is 0 Å². The Kier molecular flexibility index (Phi) is 17.2. The van der Waals surface area contributed by atoms with Gasteiger partial charge in [0, 0.05) is 46.5 Å². The van der Waals surface area contributed by atoms with E-state index in [0.29, 0.717) is 126 Å². The molecule has 0 aliphatic heterocycles. The summed E-state index contributed by atoms with van der Waals surface area (Å²) in [7, 11) is 0. The quantitative estimate of drug-likeness (QED) is 0.0633. The molecule has 14 aromatic rings. The monoisotopic (exact) mass is 1210 g/mol. The minimum absolute atomic E-state index is 0.0483. The number of aromatic nitrogens is 6. The molecule has 0 unspecified atom stereocenters. The van der Waals surface area contributed by atoms with Crippen LogP contribution in [0.15, 0.2) is 315 Å². The van der Waals surface area contributed by atoms with Gasteiger partial charge in [-0.1, -0.05) is 146 Å². The van der Waals surface area contributed by atoms with E-state index in [1.165, 1.54) is 0 Å². The molecule has 0 saturated heterocycles. The summed E-state index contributed by atoms with van der Waals surface area (Å²) in [5.74, 6) is 10.4. The zero-order valence-corrected chi connectivity index (χ0v) is 49.7. The average molecular weight is 1220 g/mol. The molecule has 2 heterocycles. The molecule has 14 heteroatoms. The lowest BCUT2D eigenvalue weighted by Crippen LogP contribution is -2.09. The number of nitrogens with zero attached hydrogens (tertiary/aromatic N) is 6. The summed E-state index contributed by atoms with van der Waals surface area (Å²) >= 11 is 0. The van der Waals surface area contributed by atoms with Crippen molar-refractivity contribution in [2.75, 3.05) is 0 Å². The smallest absolute Gasteiger partial charge is 0.164 e. The van der Waals surface area contributed by atoms with Crippen molar-refractivity contribution in [3.05, 3.63) is 327 Å². The molecule has 2 aromatic heterocycles. The van der Waals surface area contributed by atoms with Crippen molar-refractivity contribution in [1.29, 1.82) is 0 Å². The lowest BCUT2D eigenvalue weighted by molar-refractivity contribution is 0.460. The van der Waals surface area contributed by atoms with Crippen LogP contribution in [0.4, 0.5) is 0 Å². The van der Waals surface area contributed by atoms with Crippen molar-refractivity contribution in [2.24, 2.45) is 0 Å². The molecule has 0 spiro atoms. The fourth-order valence-electron chi connectivity index (χ4n) is 9.93. The number of benzene rings is 12. The maximum Gasteiger partial charge on any atom is 0.164 e. The largest absolute Gasteiger partial charge is 0.457 e. The second kappa shape index (κ2) is 27.6. The van der Waals surface area contributed by atoms with Crippen LogP contribution in [0.1, 0.15) is 11.6 Å². The van der Waals surface area contributed by atoms with Crippen molar-refractivity contribution in [1.82, 2.24) is 29.9 Å². The zero-order chi connectivity index (χ0) is 62.4. The zero-order valence-electron chi connectivity index (χ0n) is 49.7. The lowest BCUT2D eigenvalue weighted by Gasteiger charge is -2.15. The highest BCUT2D eigenvalue weighted by atomic mass is 16.5. The van der Waals surface area contributed by atoms with Crippen LogP contribution in [-0.2, 0) is 6.42 Å². The van der Waals surface area contributed by atoms with Crippen LogP contribution < -0.4 is 37.9 Å². The Bertz CT molecular complexity index is 3970. The van der Waals surface area contributed by atoms with Gasteiger partial charge in [-0.2, -0.15) is 0 Å². The van der Waals surface area contributed by atoms with Gasteiger partial charge in [0.2, 0.25) is 0 Å². The minimum Gasteiger partial charge on any atom is -0.457 e. The van der Waals surface area contributed by atoms with E-state index in [-0.39, 0.29) is 29.7 Å². The van der Waals surface area contributed by atoms with Gasteiger partial charge in [0.1, 0.15) is 104 Å². The van der Waals surface area contributed by atoms with Gasteiger partial charge in [0.15, 0.2) is 23.3 Å². The maximum atomic E-state index is 6.53. The average Bonchev–Trinajstić information content (AvgIpc) is 0.970. The molecule has 0 radical (unpaired) electrons. The first kappa shape index (κ1) is 57.8. The van der Waals surface area contributed by atoms with Crippen LogP contribution in [0.2, 0.25) is 0 Å². The molecule has 0 aliphatic carbocycles. The number of hydrogen-bond donors (Lipinski definition) is 0. The number of rotatable bonds is 22. The van der Waals surface area contributed by atoms with E-state index in [1.54, 1.807) is 0 Å². The Labute approximate surface area is 536 Å². The van der Waals surface area contributed by atoms with Crippen LogP contribution in [0.3, 0.4) is 0 Å². The predicted octanol–water partition coefficient (Wildman–Crippen LogP) is 20.7. The van der Waals surface area contributed by atoms with E-state index < -0.39 is 0 Å². The third kappa shape index (κ3) is 15.3. The van der Waals surface area contributed by atoms with Crippen molar-refractivity contribution in [3.63, 3.8) is 0 Å². The van der Waals surface area contributed by atoms with Crippen molar-refractivity contribution in [2.45, 2.75) is 6.42 Å². The van der Waals surface area contributed by atoms with Crippen molar-refractivity contribution < 1.29 is 37.9 Å². The van der Waals surface area contributed by atoms with Gasteiger partial charge < -0.3 is 37.9 Å². The second-order valence-electron chi connectivity index (χ2n) is 21.1. The first-order chi connectivity index (χ1) is 45.9. The van der Waals surface area contributed by atoms with Crippen LogP contribution in [0.25, 0.3) is 45.6 Å². The van der Waals surface area contributed by atoms with E-state index >= 15 is 0 Å². The Morgan fingerprint density at radius 3 is 0.462 bits per heavy atom. The number of hydrogen-bond acceptors (Lipinski definition) is 14. The molecule has 14 nitrogen and oxygen atoms in total. The molecule has 14 rings (SSSR count). The van der Waals surface area contributed by atoms with Gasteiger partial charge >= 0.3 is 0 Å². The highest BCUT2D eigenvalue weighted by molar-refractivity contribution is 5.69. The molecule has 0 fully saturated rings. The van der Waals surface area contributed by atoms with Crippen molar-refractivity contribution in [3.8, 4) is 138 Å². The first-order valence-corrected chi connectivity index (χ1v) is 29.9. The summed E-state index contributed by atoms with van der Waals surface area (Å²) in [5.41, 5.74) is 2.21. The van der Waals surface area contributed by atoms with Crippen LogP contribution in [-0.4, -0.2) is 29.9 Å². The van der Waals surface area contributed by atoms with Crippen LogP contribution in [0.5, 0.6) is 92.0 Å². The molecule has 0 saturated carbocycles. The lowest BCUT2D eigenvalue weighted by atomic mass is 10.1. The fraction of sp³-hybridized carbons (Fsp3) is 0.0127. The normalized spacial score (nSPS) is 10.8. The molecule has 93 heavy (non-hydrogen) atoms. The summed E-state index contributed by atoms with van der Waals surface area (Å²) in [6.07, 6.45) is -0.0483. The summed E-state index contributed by atoms with van der Waals surface area (Å²) in [6.45, 7) is 0. The number of para-hydroxylation sites is 8. The molecule has 0 bridgehead atoms. The molecular weight excluding hydrogens is 1160 g/mol. The first-order valence-electron chi connectivity index (χ1n) is 29.9. The molecular formula is C79H54N6O8. The Morgan fingerprint density at radius 1 is 0.161 bits per heavy atom. The van der Waals surface area contributed by atoms with Gasteiger partial charge in [0.05, 0.1) is 6.42 Å². The Morgan fingerprint density at radius 2 is 0.312 bits per heavy atom. The Balaban J connectivity index is 0.957.